The molecular formula is C24H17N5O8S2. The van der Waals surface area contributed by atoms with Crippen LogP contribution in [0.1, 0.15) is 0 Å². The quantitative estimate of drug-likeness (QED) is 0.147. The number of nitrogens with one attached hydrogen (secondary N) is 3. The molecule has 0 saturated carbocycles. The number of fused-ring (bicyclic) bond motifs is 3. The largest absolute Gasteiger partial charge is 0.348 e. The molecule has 4 aromatic carbocycles. The molecule has 15 heteroatoms. The van der Waals surface area contributed by atoms with Gasteiger partial charge in [0.05, 0.1) is 32.2 Å². The number of aromatic amines is 1. The lowest BCUT2D eigenvalue weighted by atomic mass is 10.1. The Balaban J connectivity index is 1.47. The molecule has 5 N–H and O–H groups in total. The van der Waals surface area contributed by atoms with E-state index in [0.29, 0.717) is 22.1 Å². The summed E-state index contributed by atoms with van der Waals surface area (Å²) >= 11 is 0. The fraction of sp³-hybridized carbons (Fsp3) is 0. The van der Waals surface area contributed by atoms with E-state index in [2.05, 4.69) is 26.0 Å². The summed E-state index contributed by atoms with van der Waals surface area (Å²) < 4.78 is 62.8. The van der Waals surface area contributed by atoms with E-state index in [1.807, 2.05) is 0 Å². The molecule has 5 rings (SSSR count). The van der Waals surface area contributed by atoms with E-state index in [1.54, 1.807) is 12.1 Å². The van der Waals surface area contributed by atoms with Gasteiger partial charge in [0.1, 0.15) is 10.7 Å². The van der Waals surface area contributed by atoms with Gasteiger partial charge in [-0.1, -0.05) is 0 Å². The third kappa shape index (κ3) is 5.19. The van der Waals surface area contributed by atoms with Crippen LogP contribution >= 0.6 is 0 Å². The van der Waals surface area contributed by atoms with Crippen LogP contribution in [-0.2, 0) is 20.2 Å². The zero-order valence-corrected chi connectivity index (χ0v) is 21.1. The Hall–Kier alpha value is -4.70. The molecule has 39 heavy (non-hydrogen) atoms. The second-order valence-electron chi connectivity index (χ2n) is 8.24. The molecule has 0 aliphatic rings. The van der Waals surface area contributed by atoms with Gasteiger partial charge in [-0.15, -0.1) is 0 Å². The van der Waals surface area contributed by atoms with Crippen LogP contribution in [0.25, 0.3) is 21.8 Å². The molecule has 5 aromatic rings. The van der Waals surface area contributed by atoms with Crippen LogP contribution in [0.3, 0.4) is 0 Å². The first-order valence-corrected chi connectivity index (χ1v) is 13.8. The number of anilines is 2. The molecule has 1 heterocycles. The van der Waals surface area contributed by atoms with Crippen LogP contribution in [0.2, 0.25) is 0 Å². The van der Waals surface area contributed by atoms with Crippen LogP contribution in [0.5, 0.6) is 0 Å². The maximum atomic E-state index is 13.0. The summed E-state index contributed by atoms with van der Waals surface area (Å²) in [5, 5.41) is 9.18. The van der Waals surface area contributed by atoms with Crippen LogP contribution < -0.4 is 32.4 Å². The molecule has 0 radical (unpaired) electrons. The third-order valence-corrected chi connectivity index (χ3v) is 7.47. The Labute approximate surface area is 219 Å². The second-order valence-corrected chi connectivity index (χ2v) is 11.1. The van der Waals surface area contributed by atoms with E-state index in [-0.39, 0.29) is 31.5 Å². The molecule has 0 fully saturated rings. The highest BCUT2D eigenvalue weighted by Crippen LogP contribution is 2.19. The van der Waals surface area contributed by atoms with Gasteiger partial charge in [0.2, 0.25) is 10.9 Å². The normalized spacial score (nSPS) is 13.3. The molecule has 0 atom stereocenters. The summed E-state index contributed by atoms with van der Waals surface area (Å²) in [5.41, 5.74) is 5.36. The van der Waals surface area contributed by atoms with Crippen molar-refractivity contribution in [2.24, 2.45) is 10.2 Å². The summed E-state index contributed by atoms with van der Waals surface area (Å²) in [6, 6.07) is 16.4. The van der Waals surface area contributed by atoms with Crippen molar-refractivity contribution in [1.29, 1.82) is 0 Å². The number of nitrogens with zero attached hydrogens (tertiary/aromatic N) is 2. The van der Waals surface area contributed by atoms with Crippen molar-refractivity contribution in [2.75, 3.05) is 10.9 Å². The minimum Gasteiger partial charge on any atom is -0.348 e. The molecule has 0 spiro atoms. The molecule has 1 aromatic heterocycles. The number of rotatable bonds is 6. The average Bonchev–Trinajstić information content (AvgIpc) is 3.28. The first-order valence-electron chi connectivity index (χ1n) is 11.0. The van der Waals surface area contributed by atoms with Gasteiger partial charge in [0.15, 0.2) is 0 Å². The predicted molar refractivity (Wildman–Crippen MR) is 142 cm³/mol. The first-order chi connectivity index (χ1) is 18.4. The van der Waals surface area contributed by atoms with Crippen LogP contribution in [-0.4, -0.2) is 30.9 Å². The predicted octanol–water partition coefficient (Wildman–Crippen LogP) is 1.27. The fourth-order valence-electron chi connectivity index (χ4n) is 3.79. The molecular weight excluding hydrogens is 550 g/mol. The SMILES string of the molecule is O=c1c(=NNc2ccc(S(=O)(=O)O)cc2)ccc2c1[nH]c1c(=O)/c(=N/Nc3ccc(S(=O)(=O)O)cc3)ccc12. The standard InChI is InChI=1S/C24H17N5O8S2/c30-23-19(28-26-13-1-5-15(6-2-13)38(32,33)34)11-9-17-18-10-12-20(24(31)22(18)25-21(17)23)29-27-14-3-7-16(8-4-14)39(35,36)37/h1-12,25-27H,(H,32,33,34)(H,35,36,37)/b28-19+,29-20?. The van der Waals surface area contributed by atoms with Gasteiger partial charge >= 0.3 is 0 Å². The van der Waals surface area contributed by atoms with Crippen LogP contribution in [0, 0.1) is 0 Å². The van der Waals surface area contributed by atoms with Crippen molar-refractivity contribution >= 4 is 53.4 Å². The molecule has 0 saturated heterocycles. The minimum atomic E-state index is -4.34. The highest BCUT2D eigenvalue weighted by atomic mass is 32.2. The lowest BCUT2D eigenvalue weighted by Gasteiger charge is -2.01. The Morgan fingerprint density at radius 2 is 0.923 bits per heavy atom. The van der Waals surface area contributed by atoms with Crippen LogP contribution in [0.4, 0.5) is 11.4 Å². The Morgan fingerprint density at radius 3 is 1.26 bits per heavy atom. The number of benzene rings is 4. The molecule has 0 unspecified atom stereocenters. The van der Waals surface area contributed by atoms with Crippen molar-refractivity contribution in [3.63, 3.8) is 0 Å². The summed E-state index contributed by atoms with van der Waals surface area (Å²) in [5.74, 6) is 0. The average molecular weight is 568 g/mol. The Bertz CT molecular complexity index is 2040. The molecule has 0 amide bonds. The Kier molecular flexibility index (Phi) is 6.35. The monoisotopic (exact) mass is 567 g/mol. The first kappa shape index (κ1) is 25.9. The van der Waals surface area contributed by atoms with Crippen molar-refractivity contribution < 1.29 is 25.9 Å². The van der Waals surface area contributed by atoms with Crippen LogP contribution in [0.15, 0.2) is 102 Å². The van der Waals surface area contributed by atoms with E-state index < -0.39 is 31.1 Å². The number of aromatic nitrogens is 1. The maximum Gasteiger partial charge on any atom is 0.294 e. The van der Waals surface area contributed by atoms with Gasteiger partial charge in [-0.2, -0.15) is 27.0 Å². The van der Waals surface area contributed by atoms with E-state index >= 15 is 0 Å². The zero-order valence-electron chi connectivity index (χ0n) is 19.5. The van der Waals surface area contributed by atoms with Gasteiger partial charge in [-0.05, 0) is 72.8 Å². The van der Waals surface area contributed by atoms with Gasteiger partial charge < -0.3 is 4.98 Å². The second kappa shape index (κ2) is 9.55. The minimum absolute atomic E-state index is 0.0280. The van der Waals surface area contributed by atoms with Crippen molar-refractivity contribution in [1.82, 2.24) is 4.98 Å². The van der Waals surface area contributed by atoms with E-state index in [4.69, 9.17) is 9.11 Å². The molecule has 198 valence electrons. The van der Waals surface area contributed by atoms with E-state index in [0.717, 1.165) is 0 Å². The zero-order chi connectivity index (χ0) is 27.9. The summed E-state index contributed by atoms with van der Waals surface area (Å²) in [6.07, 6.45) is 0. The smallest absolute Gasteiger partial charge is 0.294 e. The summed E-state index contributed by atoms with van der Waals surface area (Å²) in [7, 11) is -8.68. The van der Waals surface area contributed by atoms with E-state index in [1.165, 1.54) is 60.7 Å². The number of hydrogen-bond acceptors (Lipinski definition) is 10. The number of H-pyrrole nitrogens is 1. The highest BCUT2D eigenvalue weighted by molar-refractivity contribution is 7.86. The molecule has 0 bridgehead atoms. The lowest BCUT2D eigenvalue weighted by molar-refractivity contribution is 0.481. The van der Waals surface area contributed by atoms with Crippen molar-refractivity contribution in [3.05, 3.63) is 104 Å². The van der Waals surface area contributed by atoms with Gasteiger partial charge in [0.25, 0.3) is 20.2 Å². The van der Waals surface area contributed by atoms with Gasteiger partial charge in [-0.25, -0.2) is 0 Å². The lowest BCUT2D eigenvalue weighted by Crippen LogP contribution is -2.26. The summed E-state index contributed by atoms with van der Waals surface area (Å²) in [4.78, 5) is 28.3. The topological polar surface area (TPSA) is 207 Å². The summed E-state index contributed by atoms with van der Waals surface area (Å²) in [6.45, 7) is 0. The fourth-order valence-corrected chi connectivity index (χ4v) is 4.75. The van der Waals surface area contributed by atoms with Crippen molar-refractivity contribution in [3.8, 4) is 0 Å². The maximum absolute atomic E-state index is 13.0. The van der Waals surface area contributed by atoms with Gasteiger partial charge in [-0.3, -0.25) is 29.5 Å². The van der Waals surface area contributed by atoms with E-state index in [9.17, 15) is 26.4 Å². The number of hydrogen-bond donors (Lipinski definition) is 5. The van der Waals surface area contributed by atoms with Crippen molar-refractivity contribution in [2.45, 2.75) is 9.79 Å². The van der Waals surface area contributed by atoms with Gasteiger partial charge in [0, 0.05) is 10.8 Å². The highest BCUT2D eigenvalue weighted by Gasteiger charge is 2.13. The molecule has 0 aliphatic heterocycles. The molecule has 0 aliphatic carbocycles. The third-order valence-electron chi connectivity index (χ3n) is 5.73. The molecule has 13 nitrogen and oxygen atoms in total. The Morgan fingerprint density at radius 1 is 0.564 bits per heavy atom.